The molecule has 4 rings (SSSR count). The normalized spacial score (nSPS) is 11.7. The van der Waals surface area contributed by atoms with Gasteiger partial charge in [-0.15, -0.1) is 0 Å². The SMILES string of the molecule is Cc1ccc2nc(C(F)(F)F)nc(Sc3ccc(-c4ccccc4)cc3)c2c1. The molecule has 1 heterocycles. The van der Waals surface area contributed by atoms with E-state index in [2.05, 4.69) is 9.97 Å². The fourth-order valence-corrected chi connectivity index (χ4v) is 3.78. The van der Waals surface area contributed by atoms with Crippen LogP contribution in [0.3, 0.4) is 0 Å². The zero-order chi connectivity index (χ0) is 19.7. The van der Waals surface area contributed by atoms with Gasteiger partial charge in [0.25, 0.3) is 0 Å². The first-order valence-corrected chi connectivity index (χ1v) is 9.41. The Kier molecular flexibility index (Phi) is 4.81. The van der Waals surface area contributed by atoms with E-state index in [0.29, 0.717) is 10.4 Å². The van der Waals surface area contributed by atoms with Gasteiger partial charge < -0.3 is 0 Å². The van der Waals surface area contributed by atoms with Crippen molar-refractivity contribution in [2.75, 3.05) is 0 Å². The summed E-state index contributed by atoms with van der Waals surface area (Å²) in [6.07, 6.45) is -4.59. The van der Waals surface area contributed by atoms with E-state index >= 15 is 0 Å². The van der Waals surface area contributed by atoms with Crippen molar-refractivity contribution in [3.63, 3.8) is 0 Å². The van der Waals surface area contributed by atoms with Gasteiger partial charge in [0.05, 0.1) is 5.52 Å². The lowest BCUT2D eigenvalue weighted by Crippen LogP contribution is -2.11. The molecule has 0 aliphatic heterocycles. The largest absolute Gasteiger partial charge is 0.451 e. The highest BCUT2D eigenvalue weighted by molar-refractivity contribution is 7.99. The van der Waals surface area contributed by atoms with Crippen molar-refractivity contribution in [1.82, 2.24) is 9.97 Å². The number of alkyl halides is 3. The van der Waals surface area contributed by atoms with Crippen molar-refractivity contribution in [3.05, 3.63) is 84.2 Å². The van der Waals surface area contributed by atoms with E-state index in [9.17, 15) is 13.2 Å². The fraction of sp³-hybridized carbons (Fsp3) is 0.0909. The molecule has 0 fully saturated rings. The zero-order valence-electron chi connectivity index (χ0n) is 14.9. The summed E-state index contributed by atoms with van der Waals surface area (Å²) in [6.45, 7) is 1.89. The Labute approximate surface area is 164 Å². The Hall–Kier alpha value is -2.86. The fourth-order valence-electron chi connectivity index (χ4n) is 2.88. The second-order valence-corrected chi connectivity index (χ2v) is 7.43. The van der Waals surface area contributed by atoms with E-state index in [1.165, 1.54) is 11.8 Å². The van der Waals surface area contributed by atoms with Crippen molar-refractivity contribution >= 4 is 22.7 Å². The molecule has 0 unspecified atom stereocenters. The molecule has 0 aliphatic carbocycles. The van der Waals surface area contributed by atoms with Crippen molar-refractivity contribution in [2.45, 2.75) is 23.0 Å². The van der Waals surface area contributed by atoms with Crippen LogP contribution in [-0.4, -0.2) is 9.97 Å². The number of halogens is 3. The van der Waals surface area contributed by atoms with Gasteiger partial charge in [0.15, 0.2) is 0 Å². The molecule has 0 bridgehead atoms. The van der Waals surface area contributed by atoms with Gasteiger partial charge in [-0.1, -0.05) is 65.9 Å². The highest BCUT2D eigenvalue weighted by atomic mass is 32.2. The molecule has 0 saturated carbocycles. The first-order valence-electron chi connectivity index (χ1n) is 8.59. The Morgan fingerprint density at radius 1 is 0.786 bits per heavy atom. The predicted octanol–water partition coefficient (Wildman–Crippen LogP) is 6.78. The van der Waals surface area contributed by atoms with Gasteiger partial charge in [-0.05, 0) is 42.3 Å². The van der Waals surface area contributed by atoms with E-state index in [1.807, 2.05) is 67.6 Å². The summed E-state index contributed by atoms with van der Waals surface area (Å²) in [5.74, 6) is -1.12. The van der Waals surface area contributed by atoms with E-state index in [-0.39, 0.29) is 5.52 Å². The van der Waals surface area contributed by atoms with Crippen LogP contribution >= 0.6 is 11.8 Å². The van der Waals surface area contributed by atoms with Gasteiger partial charge in [-0.2, -0.15) is 13.2 Å². The summed E-state index contributed by atoms with van der Waals surface area (Å²) in [4.78, 5) is 8.32. The molecule has 28 heavy (non-hydrogen) atoms. The monoisotopic (exact) mass is 396 g/mol. The number of aryl methyl sites for hydroxylation is 1. The number of rotatable bonds is 3. The number of aromatic nitrogens is 2. The first-order chi connectivity index (χ1) is 13.4. The van der Waals surface area contributed by atoms with Gasteiger partial charge in [-0.25, -0.2) is 9.97 Å². The number of benzene rings is 3. The average molecular weight is 396 g/mol. The second kappa shape index (κ2) is 7.28. The maximum Gasteiger partial charge on any atom is 0.451 e. The summed E-state index contributed by atoms with van der Waals surface area (Å²) in [5.41, 5.74) is 3.36. The molecule has 3 aromatic carbocycles. The lowest BCUT2D eigenvalue weighted by Gasteiger charge is -2.11. The number of hydrogen-bond acceptors (Lipinski definition) is 3. The predicted molar refractivity (Wildman–Crippen MR) is 105 cm³/mol. The molecular weight excluding hydrogens is 381 g/mol. The van der Waals surface area contributed by atoms with E-state index in [1.54, 1.807) is 12.1 Å². The molecule has 0 saturated heterocycles. The molecule has 0 atom stereocenters. The average Bonchev–Trinajstić information content (AvgIpc) is 2.69. The van der Waals surface area contributed by atoms with Crippen LogP contribution in [0.5, 0.6) is 0 Å². The third-order valence-electron chi connectivity index (χ3n) is 4.25. The van der Waals surface area contributed by atoms with Crippen LogP contribution in [-0.2, 0) is 6.18 Å². The lowest BCUT2D eigenvalue weighted by atomic mass is 10.1. The summed E-state index contributed by atoms with van der Waals surface area (Å²) >= 11 is 1.21. The van der Waals surface area contributed by atoms with E-state index in [0.717, 1.165) is 21.6 Å². The minimum absolute atomic E-state index is 0.288. The molecule has 2 nitrogen and oxygen atoms in total. The van der Waals surface area contributed by atoms with E-state index < -0.39 is 12.0 Å². The summed E-state index contributed by atoms with van der Waals surface area (Å²) in [6, 6.07) is 22.8. The van der Waals surface area contributed by atoms with Crippen molar-refractivity contribution in [2.24, 2.45) is 0 Å². The standard InChI is InChI=1S/C22H15F3N2S/c1-14-7-12-19-18(13-14)20(27-21(26-19)22(23,24)25)28-17-10-8-16(9-11-17)15-5-3-2-4-6-15/h2-13H,1H3. The summed E-state index contributed by atoms with van der Waals surface area (Å²) in [5, 5.41) is 0.915. The van der Waals surface area contributed by atoms with Crippen LogP contribution in [0.1, 0.15) is 11.4 Å². The second-order valence-electron chi connectivity index (χ2n) is 6.36. The molecule has 0 spiro atoms. The minimum Gasteiger partial charge on any atom is -0.224 e. The Balaban J connectivity index is 1.73. The van der Waals surface area contributed by atoms with Crippen molar-refractivity contribution in [1.29, 1.82) is 0 Å². The molecule has 6 heteroatoms. The Morgan fingerprint density at radius 3 is 2.14 bits per heavy atom. The van der Waals surface area contributed by atoms with Gasteiger partial charge in [-0.3, -0.25) is 0 Å². The van der Waals surface area contributed by atoms with Gasteiger partial charge in [0.2, 0.25) is 5.82 Å². The van der Waals surface area contributed by atoms with Gasteiger partial charge >= 0.3 is 6.18 Å². The zero-order valence-corrected chi connectivity index (χ0v) is 15.7. The van der Waals surface area contributed by atoms with Gasteiger partial charge in [0.1, 0.15) is 5.03 Å². The van der Waals surface area contributed by atoms with E-state index in [4.69, 9.17) is 0 Å². The summed E-state index contributed by atoms with van der Waals surface area (Å²) in [7, 11) is 0. The Morgan fingerprint density at radius 2 is 1.46 bits per heavy atom. The smallest absolute Gasteiger partial charge is 0.224 e. The quantitative estimate of drug-likeness (QED) is 0.357. The molecule has 0 amide bonds. The molecule has 0 N–H and O–H groups in total. The van der Waals surface area contributed by atoms with Crippen LogP contribution < -0.4 is 0 Å². The summed E-state index contributed by atoms with van der Waals surface area (Å²) < 4.78 is 39.7. The topological polar surface area (TPSA) is 25.8 Å². The third kappa shape index (κ3) is 3.87. The highest BCUT2D eigenvalue weighted by Crippen LogP contribution is 2.36. The van der Waals surface area contributed by atoms with Crippen LogP contribution in [0.15, 0.2) is 82.7 Å². The highest BCUT2D eigenvalue weighted by Gasteiger charge is 2.35. The van der Waals surface area contributed by atoms with Crippen LogP contribution in [0.25, 0.3) is 22.0 Å². The van der Waals surface area contributed by atoms with Crippen LogP contribution in [0.4, 0.5) is 13.2 Å². The van der Waals surface area contributed by atoms with Crippen LogP contribution in [0.2, 0.25) is 0 Å². The molecule has 4 aromatic rings. The minimum atomic E-state index is -4.59. The number of nitrogens with zero attached hydrogens (tertiary/aromatic N) is 2. The molecule has 140 valence electrons. The number of fused-ring (bicyclic) bond motifs is 1. The maximum absolute atomic E-state index is 13.2. The molecule has 0 aliphatic rings. The third-order valence-corrected chi connectivity index (χ3v) is 5.26. The maximum atomic E-state index is 13.2. The molecular formula is C22H15F3N2S. The molecule has 0 radical (unpaired) electrons. The van der Waals surface area contributed by atoms with Gasteiger partial charge in [0, 0.05) is 10.3 Å². The Bertz CT molecular complexity index is 1120. The number of hydrogen-bond donors (Lipinski definition) is 0. The first kappa shape index (κ1) is 18.5. The van der Waals surface area contributed by atoms with Crippen molar-refractivity contribution in [3.8, 4) is 11.1 Å². The molecule has 1 aromatic heterocycles. The lowest BCUT2D eigenvalue weighted by molar-refractivity contribution is -0.145. The van der Waals surface area contributed by atoms with Crippen LogP contribution in [0, 0.1) is 6.92 Å². The van der Waals surface area contributed by atoms with Crippen molar-refractivity contribution < 1.29 is 13.2 Å².